The smallest absolute Gasteiger partial charge is 0.147 e. The molecule has 2 rings (SSSR count). The molecule has 0 amide bonds. The molecule has 0 fully saturated rings. The van der Waals surface area contributed by atoms with Gasteiger partial charge in [-0.25, -0.2) is 9.37 Å². The van der Waals surface area contributed by atoms with Crippen molar-refractivity contribution in [3.8, 4) is 0 Å². The molecule has 13 heavy (non-hydrogen) atoms. The van der Waals surface area contributed by atoms with E-state index in [1.165, 1.54) is 0 Å². The minimum Gasteiger partial charge on any atom is -0.348 e. The summed E-state index contributed by atoms with van der Waals surface area (Å²) in [6.07, 6.45) is 7.24. The second kappa shape index (κ2) is 3.51. The van der Waals surface area contributed by atoms with Crippen LogP contribution in [-0.2, 0) is 0 Å². The van der Waals surface area contributed by atoms with Crippen LogP contribution in [-0.4, -0.2) is 23.1 Å². The Bertz CT molecular complexity index is 310. The maximum atomic E-state index is 12.9. The topological polar surface area (TPSA) is 29.0 Å². The molecular weight excluding hydrogens is 169 g/mol. The molecule has 0 bridgehead atoms. The number of rotatable bonds is 1. The van der Waals surface area contributed by atoms with Gasteiger partial charge in [0, 0.05) is 18.9 Å². The fraction of sp³-hybridized carbons (Fsp3) is 0.333. The summed E-state index contributed by atoms with van der Waals surface area (Å²) in [5.41, 5.74) is 0. The molecule has 0 aromatic carbocycles. The molecule has 0 N–H and O–H groups in total. The van der Waals surface area contributed by atoms with Gasteiger partial charge in [0.15, 0.2) is 0 Å². The van der Waals surface area contributed by atoms with E-state index in [9.17, 15) is 4.39 Å². The van der Waals surface area contributed by atoms with Crippen LogP contribution >= 0.6 is 0 Å². The van der Waals surface area contributed by atoms with Gasteiger partial charge >= 0.3 is 0 Å². The molecule has 1 aliphatic rings. The first-order valence-electron chi connectivity index (χ1n) is 4.22. The quantitative estimate of drug-likeness (QED) is 0.654. The number of halogens is 1. The van der Waals surface area contributed by atoms with E-state index in [1.54, 1.807) is 24.7 Å². The minimum atomic E-state index is -0.0862. The van der Waals surface area contributed by atoms with Crippen molar-refractivity contribution in [1.29, 1.82) is 0 Å². The molecule has 0 saturated carbocycles. The van der Waals surface area contributed by atoms with Gasteiger partial charge in [0.2, 0.25) is 0 Å². The van der Waals surface area contributed by atoms with Crippen molar-refractivity contribution in [3.63, 3.8) is 0 Å². The van der Waals surface area contributed by atoms with Crippen LogP contribution in [0.3, 0.4) is 0 Å². The zero-order valence-corrected chi connectivity index (χ0v) is 7.15. The van der Waals surface area contributed by atoms with Crippen molar-refractivity contribution in [2.75, 3.05) is 18.0 Å². The summed E-state index contributed by atoms with van der Waals surface area (Å²) in [4.78, 5) is 9.92. The normalized spacial score (nSPS) is 17.0. The molecule has 1 aromatic rings. The fourth-order valence-corrected chi connectivity index (χ4v) is 1.35. The number of aromatic nitrogens is 2. The summed E-state index contributed by atoms with van der Waals surface area (Å²) < 4.78 is 12.9. The molecule has 0 radical (unpaired) electrons. The fourth-order valence-electron chi connectivity index (χ4n) is 1.35. The summed E-state index contributed by atoms with van der Waals surface area (Å²) in [6.45, 7) is 1.13. The molecule has 0 atom stereocenters. The second-order valence-electron chi connectivity index (χ2n) is 2.92. The Labute approximate surface area is 75.9 Å². The maximum Gasteiger partial charge on any atom is 0.147 e. The van der Waals surface area contributed by atoms with Crippen molar-refractivity contribution < 1.29 is 4.39 Å². The van der Waals surface area contributed by atoms with Gasteiger partial charge in [-0.15, -0.1) is 0 Å². The van der Waals surface area contributed by atoms with E-state index in [-0.39, 0.29) is 5.83 Å². The standard InChI is InChI=1S/C9H10FN3/c10-8-2-1-5-13(7-8)9-6-11-3-4-12-9/h2-4,6H,1,5,7H2. The average molecular weight is 179 g/mol. The van der Waals surface area contributed by atoms with Crippen LogP contribution < -0.4 is 4.90 Å². The third kappa shape index (κ3) is 1.83. The van der Waals surface area contributed by atoms with Gasteiger partial charge in [-0.1, -0.05) is 0 Å². The molecule has 0 spiro atoms. The molecule has 0 saturated heterocycles. The Kier molecular flexibility index (Phi) is 2.21. The van der Waals surface area contributed by atoms with E-state index in [2.05, 4.69) is 9.97 Å². The van der Waals surface area contributed by atoms with Gasteiger partial charge in [-0.05, 0) is 12.5 Å². The first-order valence-corrected chi connectivity index (χ1v) is 4.22. The summed E-state index contributed by atoms with van der Waals surface area (Å²) >= 11 is 0. The number of hydrogen-bond acceptors (Lipinski definition) is 3. The Balaban J connectivity index is 2.15. The van der Waals surface area contributed by atoms with Crippen LogP contribution in [0.5, 0.6) is 0 Å². The lowest BCUT2D eigenvalue weighted by atomic mass is 10.2. The van der Waals surface area contributed by atoms with Crippen molar-refractivity contribution >= 4 is 5.82 Å². The third-order valence-corrected chi connectivity index (χ3v) is 1.98. The SMILES string of the molecule is FC1=CCCN(c2cnccn2)C1. The Morgan fingerprint density at radius 1 is 1.38 bits per heavy atom. The number of anilines is 1. The molecule has 0 aliphatic carbocycles. The summed E-state index contributed by atoms with van der Waals surface area (Å²) in [7, 11) is 0. The van der Waals surface area contributed by atoms with E-state index in [1.807, 2.05) is 4.90 Å². The van der Waals surface area contributed by atoms with Crippen LogP contribution in [0.15, 0.2) is 30.5 Å². The number of hydrogen-bond donors (Lipinski definition) is 0. The Morgan fingerprint density at radius 2 is 2.31 bits per heavy atom. The highest BCUT2D eigenvalue weighted by Gasteiger charge is 2.13. The number of nitrogens with zero attached hydrogens (tertiary/aromatic N) is 3. The predicted molar refractivity (Wildman–Crippen MR) is 48.1 cm³/mol. The van der Waals surface area contributed by atoms with Crippen LogP contribution in [0.25, 0.3) is 0 Å². The zero-order valence-electron chi connectivity index (χ0n) is 7.15. The first-order chi connectivity index (χ1) is 6.36. The maximum absolute atomic E-state index is 12.9. The van der Waals surface area contributed by atoms with Gasteiger partial charge in [0.1, 0.15) is 11.6 Å². The van der Waals surface area contributed by atoms with Crippen LogP contribution in [0.4, 0.5) is 10.2 Å². The molecular formula is C9H10FN3. The molecule has 1 aliphatic heterocycles. The van der Waals surface area contributed by atoms with Crippen molar-refractivity contribution in [2.24, 2.45) is 0 Å². The zero-order chi connectivity index (χ0) is 9.10. The summed E-state index contributed by atoms with van der Waals surface area (Å²) in [6, 6.07) is 0. The van der Waals surface area contributed by atoms with Gasteiger partial charge < -0.3 is 4.90 Å². The van der Waals surface area contributed by atoms with E-state index in [0.29, 0.717) is 6.54 Å². The second-order valence-corrected chi connectivity index (χ2v) is 2.92. The third-order valence-electron chi connectivity index (χ3n) is 1.98. The van der Waals surface area contributed by atoms with Gasteiger partial charge in [-0.2, -0.15) is 0 Å². The van der Waals surface area contributed by atoms with Crippen molar-refractivity contribution in [2.45, 2.75) is 6.42 Å². The highest BCUT2D eigenvalue weighted by Crippen LogP contribution is 2.16. The Morgan fingerprint density at radius 3 is 3.00 bits per heavy atom. The minimum absolute atomic E-state index is 0.0862. The molecule has 2 heterocycles. The van der Waals surface area contributed by atoms with Gasteiger partial charge in [0.25, 0.3) is 0 Å². The predicted octanol–water partition coefficient (Wildman–Crippen LogP) is 1.54. The monoisotopic (exact) mass is 179 g/mol. The van der Waals surface area contributed by atoms with E-state index in [0.717, 1.165) is 18.8 Å². The lowest BCUT2D eigenvalue weighted by Crippen LogP contribution is -2.29. The molecule has 68 valence electrons. The van der Waals surface area contributed by atoms with Crippen LogP contribution in [0.2, 0.25) is 0 Å². The molecule has 1 aromatic heterocycles. The largest absolute Gasteiger partial charge is 0.348 e. The van der Waals surface area contributed by atoms with Crippen molar-refractivity contribution in [3.05, 3.63) is 30.5 Å². The highest BCUT2D eigenvalue weighted by molar-refractivity contribution is 5.38. The Hall–Kier alpha value is -1.45. The van der Waals surface area contributed by atoms with Crippen LogP contribution in [0, 0.1) is 0 Å². The van der Waals surface area contributed by atoms with Gasteiger partial charge in [0.05, 0.1) is 12.7 Å². The van der Waals surface area contributed by atoms with E-state index < -0.39 is 0 Å². The first kappa shape index (κ1) is 8.16. The molecule has 0 unspecified atom stereocenters. The molecule has 3 nitrogen and oxygen atoms in total. The van der Waals surface area contributed by atoms with Crippen LogP contribution in [0.1, 0.15) is 6.42 Å². The van der Waals surface area contributed by atoms with E-state index >= 15 is 0 Å². The van der Waals surface area contributed by atoms with Gasteiger partial charge in [-0.3, -0.25) is 4.98 Å². The van der Waals surface area contributed by atoms with E-state index in [4.69, 9.17) is 0 Å². The lowest BCUT2D eigenvalue weighted by molar-refractivity contribution is 0.572. The van der Waals surface area contributed by atoms with Crippen molar-refractivity contribution in [1.82, 2.24) is 9.97 Å². The molecule has 4 heteroatoms. The lowest BCUT2D eigenvalue weighted by Gasteiger charge is -2.24. The summed E-state index contributed by atoms with van der Waals surface area (Å²) in [5.74, 6) is 0.655. The highest BCUT2D eigenvalue weighted by atomic mass is 19.1. The average Bonchev–Trinajstić information content (AvgIpc) is 2.19. The summed E-state index contributed by atoms with van der Waals surface area (Å²) in [5, 5.41) is 0.